The minimum Gasteiger partial charge on any atom is -0.445 e. The highest BCUT2D eigenvalue weighted by atomic mass is 19.4. The van der Waals surface area contributed by atoms with Crippen molar-refractivity contribution in [2.45, 2.75) is 55.9 Å². The normalized spacial score (nSPS) is 21.3. The van der Waals surface area contributed by atoms with Crippen LogP contribution in [0.2, 0.25) is 0 Å². The third kappa shape index (κ3) is 7.39. The lowest BCUT2D eigenvalue weighted by atomic mass is 9.75. The van der Waals surface area contributed by atoms with E-state index in [0.29, 0.717) is 23.3 Å². The molecule has 1 aliphatic heterocycles. The Morgan fingerprint density at radius 2 is 1.51 bits per heavy atom. The molecule has 3 aromatic rings. The summed E-state index contributed by atoms with van der Waals surface area (Å²) < 4.78 is 92.6. The van der Waals surface area contributed by atoms with Gasteiger partial charge in [-0.05, 0) is 48.2 Å². The third-order valence-electron chi connectivity index (χ3n) is 8.04. The van der Waals surface area contributed by atoms with Crippen LogP contribution in [0.1, 0.15) is 53.7 Å². The lowest BCUT2D eigenvalue weighted by molar-refractivity contribution is -0.579. The highest BCUT2D eigenvalue weighted by Crippen LogP contribution is 2.44. The van der Waals surface area contributed by atoms with Crippen LogP contribution in [-0.2, 0) is 34.0 Å². The van der Waals surface area contributed by atoms with E-state index in [1.807, 2.05) is 0 Å². The van der Waals surface area contributed by atoms with E-state index in [1.165, 1.54) is 6.92 Å². The van der Waals surface area contributed by atoms with Crippen molar-refractivity contribution in [3.63, 3.8) is 0 Å². The summed E-state index contributed by atoms with van der Waals surface area (Å²) in [5, 5.41) is 22.2. The number of nitro groups is 1. The Morgan fingerprint density at radius 3 is 2.02 bits per heavy atom. The van der Waals surface area contributed by atoms with Crippen LogP contribution >= 0.6 is 0 Å². The predicted molar refractivity (Wildman–Crippen MR) is 148 cm³/mol. The number of piperidine rings is 1. The number of aliphatic hydroxyl groups is 1. The number of alkyl halides is 6. The molecule has 14 heteroatoms. The summed E-state index contributed by atoms with van der Waals surface area (Å²) in [5.41, 5.74) is -5.85. The molecule has 45 heavy (non-hydrogen) atoms. The fourth-order valence-electron chi connectivity index (χ4n) is 5.33. The molecular formula is C31H30F6N2O6. The van der Waals surface area contributed by atoms with Gasteiger partial charge in [0.15, 0.2) is 0 Å². The zero-order valence-corrected chi connectivity index (χ0v) is 24.0. The van der Waals surface area contributed by atoms with E-state index < -0.39 is 77.0 Å². The molecule has 1 N–H and O–H groups in total. The molecule has 1 aliphatic rings. The Bertz CT molecular complexity index is 1460. The monoisotopic (exact) mass is 640 g/mol. The average molecular weight is 641 g/mol. The lowest BCUT2D eigenvalue weighted by Crippen LogP contribution is -2.65. The zero-order valence-electron chi connectivity index (χ0n) is 24.0. The van der Waals surface area contributed by atoms with Crippen molar-refractivity contribution >= 4 is 6.09 Å². The summed E-state index contributed by atoms with van der Waals surface area (Å²) in [6, 6.07) is 17.9. The standard InChI is InChI=1S/C31H30F6N2O6/c1-21(23-14-25(30(32,33)34)16-26(15-23)31(35,36)37)45-20-29(24-10-6-3-7-11-24)13-12-28(19-40,39(42)43)18-38(29)27(41)44-17-22-8-4-2-5-9-22/h2-11,14-16,21,40H,12-13,17-20H2,1H3/t21-,28-,29-/m1/s1. The van der Waals surface area contributed by atoms with Crippen LogP contribution < -0.4 is 0 Å². The Balaban J connectivity index is 1.74. The molecule has 1 saturated heterocycles. The number of carbonyl (C=O) groups is 1. The van der Waals surface area contributed by atoms with E-state index in [9.17, 15) is 46.4 Å². The van der Waals surface area contributed by atoms with Gasteiger partial charge in [0.1, 0.15) is 13.2 Å². The summed E-state index contributed by atoms with van der Waals surface area (Å²) in [7, 11) is 0. The van der Waals surface area contributed by atoms with Crippen LogP contribution in [0.25, 0.3) is 0 Å². The van der Waals surface area contributed by atoms with Crippen LogP contribution in [0.3, 0.4) is 0 Å². The van der Waals surface area contributed by atoms with Gasteiger partial charge in [-0.2, -0.15) is 26.3 Å². The van der Waals surface area contributed by atoms with Gasteiger partial charge in [-0.3, -0.25) is 15.0 Å². The third-order valence-corrected chi connectivity index (χ3v) is 8.04. The van der Waals surface area contributed by atoms with E-state index in [2.05, 4.69) is 0 Å². The average Bonchev–Trinajstić information content (AvgIpc) is 3.02. The fraction of sp³-hybridized carbons (Fsp3) is 0.387. The highest BCUT2D eigenvalue weighted by molar-refractivity contribution is 5.70. The van der Waals surface area contributed by atoms with Crippen LogP contribution in [0.4, 0.5) is 31.1 Å². The highest BCUT2D eigenvalue weighted by Gasteiger charge is 2.57. The van der Waals surface area contributed by atoms with Crippen molar-refractivity contribution in [1.82, 2.24) is 4.90 Å². The van der Waals surface area contributed by atoms with Gasteiger partial charge in [-0.25, -0.2) is 4.79 Å². The molecule has 0 aromatic heterocycles. The second-order valence-corrected chi connectivity index (χ2v) is 11.0. The smallest absolute Gasteiger partial charge is 0.416 e. The summed E-state index contributed by atoms with van der Waals surface area (Å²) >= 11 is 0. The first-order chi connectivity index (χ1) is 21.1. The van der Waals surface area contributed by atoms with E-state index in [-0.39, 0.29) is 25.5 Å². The minimum atomic E-state index is -5.07. The maximum Gasteiger partial charge on any atom is 0.416 e. The molecule has 0 radical (unpaired) electrons. The minimum absolute atomic E-state index is 0.0133. The van der Waals surface area contributed by atoms with E-state index in [0.717, 1.165) is 4.90 Å². The number of aliphatic hydroxyl groups excluding tert-OH is 1. The molecule has 1 fully saturated rings. The van der Waals surface area contributed by atoms with Gasteiger partial charge in [0, 0.05) is 11.3 Å². The molecule has 0 saturated carbocycles. The van der Waals surface area contributed by atoms with Crippen molar-refractivity contribution < 1.29 is 50.6 Å². The molecule has 4 rings (SSSR count). The number of nitrogens with zero attached hydrogens (tertiary/aromatic N) is 2. The number of carbonyl (C=O) groups excluding carboxylic acids is 1. The number of amides is 1. The number of hydrogen-bond donors (Lipinski definition) is 1. The number of hydrogen-bond acceptors (Lipinski definition) is 6. The molecule has 0 aliphatic carbocycles. The predicted octanol–water partition coefficient (Wildman–Crippen LogP) is 7.14. The molecular weight excluding hydrogens is 610 g/mol. The molecule has 1 amide bonds. The van der Waals surface area contributed by atoms with Gasteiger partial charge in [0.2, 0.25) is 0 Å². The van der Waals surface area contributed by atoms with Crippen molar-refractivity contribution in [2.24, 2.45) is 0 Å². The molecule has 8 nitrogen and oxygen atoms in total. The van der Waals surface area contributed by atoms with Gasteiger partial charge < -0.3 is 14.6 Å². The Hall–Kier alpha value is -4.17. The van der Waals surface area contributed by atoms with E-state index in [4.69, 9.17) is 9.47 Å². The van der Waals surface area contributed by atoms with Gasteiger partial charge in [-0.15, -0.1) is 0 Å². The van der Waals surface area contributed by atoms with Crippen molar-refractivity contribution in [3.8, 4) is 0 Å². The molecule has 0 spiro atoms. The summed E-state index contributed by atoms with van der Waals surface area (Å²) in [5.74, 6) is 0. The number of rotatable bonds is 9. The summed E-state index contributed by atoms with van der Waals surface area (Å²) in [6.45, 7) is -0.930. The zero-order chi connectivity index (χ0) is 33.0. The molecule has 3 atom stereocenters. The van der Waals surface area contributed by atoms with E-state index in [1.54, 1.807) is 60.7 Å². The van der Waals surface area contributed by atoms with E-state index >= 15 is 0 Å². The van der Waals surface area contributed by atoms with Crippen LogP contribution in [0.15, 0.2) is 78.9 Å². The van der Waals surface area contributed by atoms with Crippen molar-refractivity contribution in [1.29, 1.82) is 0 Å². The SMILES string of the molecule is C[C@@H](OC[C@@]1(c2ccccc2)CC[C@@](CO)([N+](=O)[O-])CN1C(=O)OCc1ccccc1)c1cc(C(F)(F)F)cc(C(F)(F)F)c1. The first-order valence-corrected chi connectivity index (χ1v) is 13.8. The first kappa shape index (κ1) is 33.7. The Morgan fingerprint density at radius 1 is 0.956 bits per heavy atom. The molecule has 242 valence electrons. The summed E-state index contributed by atoms with van der Waals surface area (Å²) in [6.07, 6.45) is -12.8. The van der Waals surface area contributed by atoms with Crippen LogP contribution in [0.5, 0.6) is 0 Å². The number of ether oxygens (including phenoxy) is 2. The number of likely N-dealkylation sites (tertiary alicyclic amines) is 1. The maximum absolute atomic E-state index is 13.7. The Kier molecular flexibility index (Phi) is 9.78. The lowest BCUT2D eigenvalue weighted by Gasteiger charge is -2.49. The quantitative estimate of drug-likeness (QED) is 0.152. The van der Waals surface area contributed by atoms with Gasteiger partial charge in [-0.1, -0.05) is 60.7 Å². The van der Waals surface area contributed by atoms with Crippen LogP contribution in [-0.4, -0.2) is 46.3 Å². The number of benzene rings is 3. The second-order valence-electron chi connectivity index (χ2n) is 11.0. The van der Waals surface area contributed by atoms with Gasteiger partial charge in [0.05, 0.1) is 35.9 Å². The van der Waals surface area contributed by atoms with Crippen LogP contribution in [0, 0.1) is 10.1 Å². The number of halogens is 6. The van der Waals surface area contributed by atoms with Crippen molar-refractivity contribution in [3.05, 3.63) is 117 Å². The van der Waals surface area contributed by atoms with Crippen molar-refractivity contribution in [2.75, 3.05) is 19.8 Å². The van der Waals surface area contributed by atoms with Gasteiger partial charge >= 0.3 is 18.4 Å². The topological polar surface area (TPSA) is 102 Å². The molecule has 3 aromatic carbocycles. The molecule has 0 bridgehead atoms. The molecule has 0 unspecified atom stereocenters. The second kappa shape index (κ2) is 13.1. The first-order valence-electron chi connectivity index (χ1n) is 13.8. The molecule has 1 heterocycles. The maximum atomic E-state index is 13.7. The van der Waals surface area contributed by atoms with Gasteiger partial charge in [0.25, 0.3) is 5.54 Å². The largest absolute Gasteiger partial charge is 0.445 e. The fourth-order valence-corrected chi connectivity index (χ4v) is 5.33. The summed E-state index contributed by atoms with van der Waals surface area (Å²) in [4.78, 5) is 26.2. The Labute approximate surface area is 254 Å².